The Morgan fingerprint density at radius 3 is 2.71 bits per heavy atom. The molecule has 3 N–H and O–H groups in total. The van der Waals surface area contributed by atoms with Crippen molar-refractivity contribution in [2.45, 2.75) is 31.9 Å². The Hall–Kier alpha value is -3.17. The summed E-state index contributed by atoms with van der Waals surface area (Å²) >= 11 is 0. The summed E-state index contributed by atoms with van der Waals surface area (Å²) in [6, 6.07) is 5.14. The molecule has 2 amide bonds. The van der Waals surface area contributed by atoms with Crippen LogP contribution in [0.5, 0.6) is 0 Å². The number of hydrogen-bond donors (Lipinski definition) is 3. The van der Waals surface area contributed by atoms with Crippen molar-refractivity contribution < 1.29 is 22.8 Å². The molecular formula is C18H16F3N5O2. The van der Waals surface area contributed by atoms with Crippen LogP contribution in [0.4, 0.5) is 36.3 Å². The number of nitrogens with one attached hydrogen (secondary N) is 3. The van der Waals surface area contributed by atoms with Gasteiger partial charge in [0.15, 0.2) is 5.82 Å². The minimum atomic E-state index is -4.69. The molecule has 10 heteroatoms. The highest BCUT2D eigenvalue weighted by Gasteiger charge is 2.37. The molecule has 1 saturated carbocycles. The van der Waals surface area contributed by atoms with Crippen LogP contribution in [-0.2, 0) is 22.2 Å². The molecule has 0 radical (unpaired) electrons. The molecule has 4 rings (SSSR count). The van der Waals surface area contributed by atoms with Crippen LogP contribution in [0.15, 0.2) is 24.4 Å². The zero-order chi connectivity index (χ0) is 19.9. The van der Waals surface area contributed by atoms with Gasteiger partial charge in [0.1, 0.15) is 5.56 Å². The summed E-state index contributed by atoms with van der Waals surface area (Å²) in [5.41, 5.74) is 1.07. The van der Waals surface area contributed by atoms with Gasteiger partial charge in [0.2, 0.25) is 17.8 Å². The van der Waals surface area contributed by atoms with Gasteiger partial charge in [-0.25, -0.2) is 4.98 Å². The Morgan fingerprint density at radius 1 is 1.21 bits per heavy atom. The highest BCUT2D eigenvalue weighted by atomic mass is 19.4. The molecule has 0 unspecified atom stereocenters. The van der Waals surface area contributed by atoms with E-state index in [1.165, 1.54) is 0 Å². The van der Waals surface area contributed by atoms with Crippen molar-refractivity contribution in [3.8, 4) is 0 Å². The molecule has 0 saturated heterocycles. The van der Waals surface area contributed by atoms with Gasteiger partial charge < -0.3 is 16.0 Å². The van der Waals surface area contributed by atoms with Crippen LogP contribution in [-0.4, -0.2) is 21.8 Å². The second kappa shape index (κ2) is 6.77. The molecular weight excluding hydrogens is 375 g/mol. The van der Waals surface area contributed by atoms with Gasteiger partial charge in [0.05, 0.1) is 0 Å². The quantitative estimate of drug-likeness (QED) is 0.742. The number of aromatic nitrogens is 2. The zero-order valence-corrected chi connectivity index (χ0v) is 14.6. The molecule has 1 aromatic heterocycles. The van der Waals surface area contributed by atoms with Crippen molar-refractivity contribution in [2.75, 3.05) is 16.0 Å². The van der Waals surface area contributed by atoms with Gasteiger partial charge in [-0.15, -0.1) is 0 Å². The highest BCUT2D eigenvalue weighted by molar-refractivity contribution is 5.95. The van der Waals surface area contributed by atoms with E-state index in [0.29, 0.717) is 43.3 Å². The Bertz CT molecular complexity index is 957. The smallest absolute Gasteiger partial charge is 0.326 e. The van der Waals surface area contributed by atoms with Crippen LogP contribution >= 0.6 is 0 Å². The second-order valence-corrected chi connectivity index (χ2v) is 6.76. The summed E-state index contributed by atoms with van der Waals surface area (Å²) < 4.78 is 39.6. The monoisotopic (exact) mass is 391 g/mol. The predicted octanol–water partition coefficient (Wildman–Crippen LogP) is 3.47. The van der Waals surface area contributed by atoms with Gasteiger partial charge >= 0.3 is 6.18 Å². The molecule has 1 aliphatic carbocycles. The molecule has 2 aliphatic rings. The van der Waals surface area contributed by atoms with E-state index in [1.807, 2.05) is 0 Å². The van der Waals surface area contributed by atoms with Gasteiger partial charge in [0, 0.05) is 29.9 Å². The number of alkyl halides is 3. The lowest BCUT2D eigenvalue weighted by Gasteiger charge is -2.18. The number of carbonyl (C=O) groups is 2. The van der Waals surface area contributed by atoms with Crippen molar-refractivity contribution in [2.24, 2.45) is 5.92 Å². The first-order valence-corrected chi connectivity index (χ1v) is 8.74. The third-order valence-corrected chi connectivity index (χ3v) is 4.54. The van der Waals surface area contributed by atoms with Crippen LogP contribution < -0.4 is 16.0 Å². The molecule has 2 aromatic rings. The SMILES string of the molecule is O=C1CCc2cc(Nc3ncc(C(F)(F)F)c(NC(=O)C4CC4)n3)ccc2N1. The predicted molar refractivity (Wildman–Crippen MR) is 95.1 cm³/mol. The fraction of sp³-hybridized carbons (Fsp3) is 0.333. The molecule has 0 spiro atoms. The Morgan fingerprint density at radius 2 is 2.00 bits per heavy atom. The largest absolute Gasteiger partial charge is 0.421 e. The fourth-order valence-electron chi connectivity index (χ4n) is 2.90. The Balaban J connectivity index is 1.59. The molecule has 1 aromatic carbocycles. The van der Waals surface area contributed by atoms with Crippen LogP contribution in [0.25, 0.3) is 0 Å². The minimum Gasteiger partial charge on any atom is -0.326 e. The Labute approximate surface area is 157 Å². The van der Waals surface area contributed by atoms with Crippen molar-refractivity contribution in [1.29, 1.82) is 0 Å². The first-order chi connectivity index (χ1) is 13.3. The van der Waals surface area contributed by atoms with E-state index >= 15 is 0 Å². The number of anilines is 4. The molecule has 0 bridgehead atoms. The van der Waals surface area contributed by atoms with Crippen molar-refractivity contribution in [3.63, 3.8) is 0 Å². The van der Waals surface area contributed by atoms with Gasteiger partial charge in [0.25, 0.3) is 0 Å². The molecule has 2 heterocycles. The first kappa shape index (κ1) is 18.2. The first-order valence-electron chi connectivity index (χ1n) is 8.74. The average molecular weight is 391 g/mol. The highest BCUT2D eigenvalue weighted by Crippen LogP contribution is 2.36. The summed E-state index contributed by atoms with van der Waals surface area (Å²) in [5, 5.41) is 7.86. The zero-order valence-electron chi connectivity index (χ0n) is 14.6. The van der Waals surface area contributed by atoms with Crippen molar-refractivity contribution >= 4 is 35.0 Å². The van der Waals surface area contributed by atoms with Crippen LogP contribution in [0.1, 0.15) is 30.4 Å². The number of carbonyl (C=O) groups excluding carboxylic acids is 2. The van der Waals surface area contributed by atoms with Gasteiger partial charge in [-0.2, -0.15) is 18.2 Å². The van der Waals surface area contributed by atoms with E-state index in [2.05, 4.69) is 25.9 Å². The number of rotatable bonds is 4. The molecule has 1 aliphatic heterocycles. The maximum Gasteiger partial charge on any atom is 0.421 e. The fourth-order valence-corrected chi connectivity index (χ4v) is 2.90. The van der Waals surface area contributed by atoms with E-state index < -0.39 is 23.5 Å². The number of nitrogens with zero attached hydrogens (tertiary/aromatic N) is 2. The second-order valence-electron chi connectivity index (χ2n) is 6.76. The Kier molecular flexibility index (Phi) is 4.40. The molecule has 7 nitrogen and oxygen atoms in total. The van der Waals surface area contributed by atoms with Gasteiger partial charge in [-0.1, -0.05) is 0 Å². The van der Waals surface area contributed by atoms with Crippen LogP contribution in [0, 0.1) is 5.92 Å². The lowest BCUT2D eigenvalue weighted by Crippen LogP contribution is -2.20. The number of aryl methyl sites for hydroxylation is 1. The van der Waals surface area contributed by atoms with Crippen molar-refractivity contribution in [3.05, 3.63) is 35.5 Å². The standard InChI is InChI=1S/C18H16F3N5O2/c19-18(20,21)12-8-22-17(26-15(12)25-16(28)9-1-2-9)23-11-4-5-13-10(7-11)3-6-14(27)24-13/h4-5,7-9H,1-3,6H2,(H,24,27)(H2,22,23,25,26,28). The summed E-state index contributed by atoms with van der Waals surface area (Å²) in [6.45, 7) is 0. The minimum absolute atomic E-state index is 0.0599. The van der Waals surface area contributed by atoms with Gasteiger partial charge in [-0.05, 0) is 43.0 Å². The van der Waals surface area contributed by atoms with E-state index in [4.69, 9.17) is 0 Å². The summed E-state index contributed by atoms with van der Waals surface area (Å²) in [4.78, 5) is 30.9. The lowest BCUT2D eigenvalue weighted by atomic mass is 10.0. The number of amides is 2. The topological polar surface area (TPSA) is 96.0 Å². The number of halogens is 3. The number of benzene rings is 1. The maximum atomic E-state index is 13.2. The third-order valence-electron chi connectivity index (χ3n) is 4.54. The third kappa shape index (κ3) is 3.90. The number of fused-ring (bicyclic) bond motifs is 1. The van der Waals surface area contributed by atoms with Gasteiger partial charge in [-0.3, -0.25) is 9.59 Å². The summed E-state index contributed by atoms with van der Waals surface area (Å²) in [6.07, 6.45) is -1.78. The van der Waals surface area contributed by atoms with Crippen LogP contribution in [0.3, 0.4) is 0 Å². The summed E-state index contributed by atoms with van der Waals surface area (Å²) in [7, 11) is 0. The van der Waals surface area contributed by atoms with Crippen LogP contribution in [0.2, 0.25) is 0 Å². The van der Waals surface area contributed by atoms with E-state index in [0.717, 1.165) is 5.56 Å². The van der Waals surface area contributed by atoms with E-state index in [-0.39, 0.29) is 17.8 Å². The van der Waals surface area contributed by atoms with E-state index in [1.54, 1.807) is 18.2 Å². The van der Waals surface area contributed by atoms with Crippen molar-refractivity contribution in [1.82, 2.24) is 9.97 Å². The normalized spacial score (nSPS) is 16.2. The lowest BCUT2D eigenvalue weighted by molar-refractivity contribution is -0.137. The maximum absolute atomic E-state index is 13.2. The number of hydrogen-bond acceptors (Lipinski definition) is 5. The molecule has 28 heavy (non-hydrogen) atoms. The molecule has 146 valence electrons. The summed E-state index contributed by atoms with van der Waals surface area (Å²) in [5.74, 6) is -1.43. The van der Waals surface area contributed by atoms with E-state index in [9.17, 15) is 22.8 Å². The molecule has 1 fully saturated rings. The average Bonchev–Trinajstić information content (AvgIpc) is 3.46. The molecule has 0 atom stereocenters.